The van der Waals surface area contributed by atoms with E-state index in [1.807, 2.05) is 0 Å². The number of rotatable bonds is 1. The molecular formula is C9H14N2O2. The average Bonchev–Trinajstić information content (AvgIpc) is 2.47. The molecule has 72 valence electrons. The standard InChI is InChI=1S/C9H14N2O2/c12-8-6-9(13)11(10-8)7-4-2-1-3-5-7/h7H,1-6H2,(H,10,12). The first-order chi connectivity index (χ1) is 6.27. The molecule has 2 fully saturated rings. The van der Waals surface area contributed by atoms with Gasteiger partial charge in [-0.25, -0.2) is 0 Å². The molecule has 0 aromatic carbocycles. The molecule has 0 aromatic rings. The van der Waals surface area contributed by atoms with E-state index < -0.39 is 0 Å². The van der Waals surface area contributed by atoms with Crippen molar-refractivity contribution >= 4 is 11.8 Å². The number of hydrogen-bond acceptors (Lipinski definition) is 2. The minimum atomic E-state index is -0.157. The molecule has 0 spiro atoms. The third kappa shape index (κ3) is 1.66. The fraction of sp³-hybridized carbons (Fsp3) is 0.778. The largest absolute Gasteiger partial charge is 0.273 e. The highest BCUT2D eigenvalue weighted by Crippen LogP contribution is 2.23. The van der Waals surface area contributed by atoms with Gasteiger partial charge >= 0.3 is 0 Å². The Morgan fingerprint density at radius 3 is 2.38 bits per heavy atom. The molecule has 4 nitrogen and oxygen atoms in total. The molecule has 0 bridgehead atoms. The maximum Gasteiger partial charge on any atom is 0.250 e. The monoisotopic (exact) mass is 182 g/mol. The first-order valence-electron chi connectivity index (χ1n) is 4.89. The van der Waals surface area contributed by atoms with E-state index in [1.165, 1.54) is 19.3 Å². The summed E-state index contributed by atoms with van der Waals surface area (Å²) in [6.45, 7) is 0. The Morgan fingerprint density at radius 1 is 1.15 bits per heavy atom. The topological polar surface area (TPSA) is 49.4 Å². The number of carbonyl (C=O) groups excluding carboxylic acids is 2. The van der Waals surface area contributed by atoms with E-state index in [2.05, 4.69) is 5.43 Å². The molecule has 13 heavy (non-hydrogen) atoms. The van der Waals surface area contributed by atoms with Crippen LogP contribution in [-0.4, -0.2) is 22.9 Å². The van der Waals surface area contributed by atoms with Crippen molar-refractivity contribution in [3.05, 3.63) is 0 Å². The molecular weight excluding hydrogens is 168 g/mol. The van der Waals surface area contributed by atoms with E-state index in [9.17, 15) is 9.59 Å². The minimum absolute atomic E-state index is 0.0382. The molecule has 2 aliphatic rings. The van der Waals surface area contributed by atoms with E-state index >= 15 is 0 Å². The summed E-state index contributed by atoms with van der Waals surface area (Å²) in [6.07, 6.45) is 5.70. The maximum atomic E-state index is 11.3. The van der Waals surface area contributed by atoms with Gasteiger partial charge in [0.1, 0.15) is 6.42 Å². The Labute approximate surface area is 77.3 Å². The molecule has 1 aliphatic heterocycles. The highest BCUT2D eigenvalue weighted by Gasteiger charge is 2.33. The van der Waals surface area contributed by atoms with Crippen LogP contribution in [0.1, 0.15) is 38.5 Å². The summed E-state index contributed by atoms with van der Waals surface area (Å²) >= 11 is 0. The fourth-order valence-corrected chi connectivity index (χ4v) is 2.09. The van der Waals surface area contributed by atoms with Gasteiger partial charge in [0, 0.05) is 0 Å². The summed E-state index contributed by atoms with van der Waals surface area (Å²) in [5, 5.41) is 1.54. The normalized spacial score (nSPS) is 25.1. The molecule has 2 amide bonds. The lowest BCUT2D eigenvalue weighted by Gasteiger charge is -2.29. The number of carbonyl (C=O) groups is 2. The summed E-state index contributed by atoms with van der Waals surface area (Å²) in [6, 6.07) is 0.257. The first-order valence-corrected chi connectivity index (χ1v) is 4.89. The quantitative estimate of drug-likeness (QED) is 0.603. The molecule has 0 atom stereocenters. The third-order valence-electron chi connectivity index (χ3n) is 2.77. The Morgan fingerprint density at radius 2 is 1.85 bits per heavy atom. The number of hydrazine groups is 1. The first kappa shape index (κ1) is 8.53. The fourth-order valence-electron chi connectivity index (χ4n) is 2.09. The zero-order valence-electron chi connectivity index (χ0n) is 7.58. The van der Waals surface area contributed by atoms with Crippen molar-refractivity contribution in [1.29, 1.82) is 0 Å². The van der Waals surface area contributed by atoms with Crippen LogP contribution >= 0.6 is 0 Å². The van der Waals surface area contributed by atoms with Gasteiger partial charge in [-0.1, -0.05) is 19.3 Å². The maximum absolute atomic E-state index is 11.3. The van der Waals surface area contributed by atoms with Gasteiger partial charge in [0.05, 0.1) is 6.04 Å². The van der Waals surface area contributed by atoms with Crippen LogP contribution in [0, 0.1) is 0 Å². The molecule has 1 N–H and O–H groups in total. The average molecular weight is 182 g/mol. The number of nitrogens with one attached hydrogen (secondary N) is 1. The molecule has 0 radical (unpaired) electrons. The van der Waals surface area contributed by atoms with Crippen LogP contribution in [0.3, 0.4) is 0 Å². The van der Waals surface area contributed by atoms with Gasteiger partial charge in [0.15, 0.2) is 0 Å². The predicted octanol–water partition coefficient (Wildman–Crippen LogP) is 0.583. The van der Waals surface area contributed by atoms with Crippen molar-refractivity contribution in [2.45, 2.75) is 44.6 Å². The summed E-state index contributed by atoms with van der Waals surface area (Å²) in [5.41, 5.74) is 2.62. The van der Waals surface area contributed by atoms with E-state index in [1.54, 1.807) is 5.01 Å². The van der Waals surface area contributed by atoms with E-state index in [-0.39, 0.29) is 24.3 Å². The van der Waals surface area contributed by atoms with Crippen LogP contribution in [0.5, 0.6) is 0 Å². The van der Waals surface area contributed by atoms with Gasteiger partial charge in [-0.05, 0) is 12.8 Å². The highest BCUT2D eigenvalue weighted by molar-refractivity contribution is 6.02. The third-order valence-corrected chi connectivity index (χ3v) is 2.77. The lowest BCUT2D eigenvalue weighted by molar-refractivity contribution is -0.133. The molecule has 2 rings (SSSR count). The zero-order valence-corrected chi connectivity index (χ0v) is 7.58. The number of amides is 2. The van der Waals surface area contributed by atoms with Crippen LogP contribution < -0.4 is 5.43 Å². The van der Waals surface area contributed by atoms with Crippen molar-refractivity contribution in [3.63, 3.8) is 0 Å². The van der Waals surface area contributed by atoms with Crippen molar-refractivity contribution in [1.82, 2.24) is 10.4 Å². The van der Waals surface area contributed by atoms with Gasteiger partial charge in [0.2, 0.25) is 5.91 Å². The molecule has 1 saturated carbocycles. The molecule has 1 aliphatic carbocycles. The van der Waals surface area contributed by atoms with Crippen LogP contribution in [0.4, 0.5) is 0 Å². The van der Waals surface area contributed by atoms with Gasteiger partial charge in [-0.15, -0.1) is 0 Å². The summed E-state index contributed by atoms with van der Waals surface area (Å²) in [7, 11) is 0. The Balaban J connectivity index is 1.99. The van der Waals surface area contributed by atoms with Crippen molar-refractivity contribution in [3.8, 4) is 0 Å². The Bertz CT molecular complexity index is 234. The summed E-state index contributed by atoms with van der Waals surface area (Å²) < 4.78 is 0. The molecule has 4 heteroatoms. The smallest absolute Gasteiger partial charge is 0.250 e. The van der Waals surface area contributed by atoms with Crippen LogP contribution in [0.25, 0.3) is 0 Å². The van der Waals surface area contributed by atoms with E-state index in [0.29, 0.717) is 0 Å². The van der Waals surface area contributed by atoms with Crippen LogP contribution in [0.2, 0.25) is 0 Å². The van der Waals surface area contributed by atoms with Crippen molar-refractivity contribution in [2.24, 2.45) is 0 Å². The molecule has 0 unspecified atom stereocenters. The lowest BCUT2D eigenvalue weighted by Crippen LogP contribution is -2.45. The van der Waals surface area contributed by atoms with E-state index in [4.69, 9.17) is 0 Å². The number of hydrogen-bond donors (Lipinski definition) is 1. The molecule has 0 aromatic heterocycles. The van der Waals surface area contributed by atoms with Crippen molar-refractivity contribution < 1.29 is 9.59 Å². The summed E-state index contributed by atoms with van der Waals surface area (Å²) in [5.74, 6) is -0.215. The molecule has 1 saturated heterocycles. The summed E-state index contributed by atoms with van der Waals surface area (Å²) in [4.78, 5) is 22.3. The SMILES string of the molecule is O=C1CC(=O)N(C2CCCCC2)N1. The second-order valence-electron chi connectivity index (χ2n) is 3.77. The lowest BCUT2D eigenvalue weighted by atomic mass is 9.95. The molecule has 1 heterocycles. The van der Waals surface area contributed by atoms with Gasteiger partial charge in [-0.2, -0.15) is 0 Å². The van der Waals surface area contributed by atoms with Crippen LogP contribution in [-0.2, 0) is 9.59 Å². The van der Waals surface area contributed by atoms with Crippen molar-refractivity contribution in [2.75, 3.05) is 0 Å². The second-order valence-corrected chi connectivity index (χ2v) is 3.77. The Kier molecular flexibility index (Phi) is 2.20. The zero-order chi connectivity index (χ0) is 9.26. The predicted molar refractivity (Wildman–Crippen MR) is 46.5 cm³/mol. The van der Waals surface area contributed by atoms with E-state index in [0.717, 1.165) is 12.8 Å². The number of nitrogens with zero attached hydrogens (tertiary/aromatic N) is 1. The van der Waals surface area contributed by atoms with Gasteiger partial charge in [0.25, 0.3) is 5.91 Å². The van der Waals surface area contributed by atoms with Gasteiger partial charge < -0.3 is 0 Å². The highest BCUT2D eigenvalue weighted by atomic mass is 16.2. The second kappa shape index (κ2) is 3.36. The van der Waals surface area contributed by atoms with Crippen LogP contribution in [0.15, 0.2) is 0 Å². The Hall–Kier alpha value is -1.06. The van der Waals surface area contributed by atoms with Gasteiger partial charge in [-0.3, -0.25) is 20.0 Å². The minimum Gasteiger partial charge on any atom is -0.273 e.